The maximum Gasteiger partial charge on any atom is 0.196 e. The summed E-state index contributed by atoms with van der Waals surface area (Å²) in [6.45, 7) is 2.96. The van der Waals surface area contributed by atoms with E-state index in [4.69, 9.17) is 5.73 Å². The van der Waals surface area contributed by atoms with E-state index >= 15 is 0 Å². The van der Waals surface area contributed by atoms with Gasteiger partial charge in [0.15, 0.2) is 5.96 Å². The number of nitrogens with zero attached hydrogens (tertiary/aromatic N) is 2. The summed E-state index contributed by atoms with van der Waals surface area (Å²) < 4.78 is 13.0. The first-order valence-corrected chi connectivity index (χ1v) is 7.07. The van der Waals surface area contributed by atoms with Crippen molar-refractivity contribution in [3.63, 3.8) is 0 Å². The second kappa shape index (κ2) is 6.55. The van der Waals surface area contributed by atoms with Gasteiger partial charge in [-0.2, -0.15) is 0 Å². The number of halogens is 1. The van der Waals surface area contributed by atoms with Crippen LogP contribution in [0.25, 0.3) is 0 Å². The quantitative estimate of drug-likeness (QED) is 0.800. The van der Waals surface area contributed by atoms with Crippen LogP contribution in [0.5, 0.6) is 0 Å². The Kier molecular flexibility index (Phi) is 4.77. The Bertz CT molecular complexity index is 428. The van der Waals surface area contributed by atoms with Crippen LogP contribution in [0.2, 0.25) is 0 Å². The predicted octanol–water partition coefficient (Wildman–Crippen LogP) is 3.30. The largest absolute Gasteiger partial charge is 0.370 e. The molecule has 1 aliphatic heterocycles. The maximum absolute atomic E-state index is 13.0. The molecule has 0 spiro atoms. The lowest BCUT2D eigenvalue weighted by Gasteiger charge is -2.26. The lowest BCUT2D eigenvalue weighted by molar-refractivity contribution is 0.565. The van der Waals surface area contributed by atoms with Crippen LogP contribution in [0.15, 0.2) is 29.3 Å². The smallest absolute Gasteiger partial charge is 0.196 e. The summed E-state index contributed by atoms with van der Waals surface area (Å²) in [5.41, 5.74) is 6.88. The molecule has 1 aromatic rings. The van der Waals surface area contributed by atoms with Gasteiger partial charge in [0.05, 0.1) is 12.6 Å². The van der Waals surface area contributed by atoms with E-state index < -0.39 is 0 Å². The highest BCUT2D eigenvalue weighted by Crippen LogP contribution is 2.24. The number of nitrogens with two attached hydrogens (primary N) is 1. The van der Waals surface area contributed by atoms with Gasteiger partial charge < -0.3 is 10.6 Å². The number of rotatable bonds is 6. The van der Waals surface area contributed by atoms with Crippen molar-refractivity contribution in [1.82, 2.24) is 0 Å². The molecule has 1 aromatic carbocycles. The molecular formula is C15H22FN3. The van der Waals surface area contributed by atoms with Gasteiger partial charge in [0, 0.05) is 5.69 Å². The molecule has 19 heavy (non-hydrogen) atoms. The zero-order valence-electron chi connectivity index (χ0n) is 11.5. The second-order valence-electron chi connectivity index (χ2n) is 5.05. The van der Waals surface area contributed by atoms with Gasteiger partial charge in [0.25, 0.3) is 0 Å². The highest BCUT2D eigenvalue weighted by atomic mass is 19.1. The standard InChI is InChI=1S/C15H22FN3/c1-2-3-4-5-6-14-11-18-15(17)19(14)13-9-7-12(16)8-10-13/h7-10,14H,2-6,11H2,1H3,(H2,17,18). The van der Waals surface area contributed by atoms with Crippen LogP contribution in [-0.4, -0.2) is 18.5 Å². The Hall–Kier alpha value is -1.58. The Morgan fingerprint density at radius 1 is 1.26 bits per heavy atom. The fourth-order valence-corrected chi connectivity index (χ4v) is 2.52. The number of benzene rings is 1. The van der Waals surface area contributed by atoms with Gasteiger partial charge >= 0.3 is 0 Å². The molecule has 1 heterocycles. The van der Waals surface area contributed by atoms with Crippen LogP contribution in [0.4, 0.5) is 10.1 Å². The minimum Gasteiger partial charge on any atom is -0.370 e. The third-order valence-corrected chi connectivity index (χ3v) is 3.57. The van der Waals surface area contributed by atoms with Crippen molar-refractivity contribution in [2.75, 3.05) is 11.4 Å². The molecule has 2 rings (SSSR count). The highest BCUT2D eigenvalue weighted by molar-refractivity contribution is 5.97. The van der Waals surface area contributed by atoms with Crippen LogP contribution >= 0.6 is 0 Å². The van der Waals surface area contributed by atoms with Gasteiger partial charge in [-0.15, -0.1) is 0 Å². The average Bonchev–Trinajstić information content (AvgIpc) is 2.77. The van der Waals surface area contributed by atoms with Crippen LogP contribution in [-0.2, 0) is 0 Å². The van der Waals surface area contributed by atoms with E-state index in [2.05, 4.69) is 11.9 Å². The lowest BCUT2D eigenvalue weighted by atomic mass is 10.1. The molecule has 0 radical (unpaired) electrons. The summed E-state index contributed by atoms with van der Waals surface area (Å²) in [5, 5.41) is 0. The SMILES string of the molecule is CCCCCCC1CN=C(N)N1c1ccc(F)cc1. The molecule has 4 heteroatoms. The predicted molar refractivity (Wildman–Crippen MR) is 77.9 cm³/mol. The first kappa shape index (κ1) is 13.8. The van der Waals surface area contributed by atoms with E-state index in [0.29, 0.717) is 12.0 Å². The van der Waals surface area contributed by atoms with Crippen molar-refractivity contribution in [2.24, 2.45) is 10.7 Å². The Balaban J connectivity index is 1.99. The molecule has 0 saturated carbocycles. The summed E-state index contributed by atoms with van der Waals surface area (Å²) >= 11 is 0. The zero-order chi connectivity index (χ0) is 13.7. The maximum atomic E-state index is 13.0. The summed E-state index contributed by atoms with van der Waals surface area (Å²) in [5.74, 6) is 0.324. The molecule has 2 N–H and O–H groups in total. The molecule has 1 atom stereocenters. The third-order valence-electron chi connectivity index (χ3n) is 3.57. The lowest BCUT2D eigenvalue weighted by Crippen LogP contribution is -2.40. The second-order valence-corrected chi connectivity index (χ2v) is 5.05. The van der Waals surface area contributed by atoms with Gasteiger partial charge in [-0.05, 0) is 30.7 Å². The normalized spacial score (nSPS) is 18.7. The monoisotopic (exact) mass is 263 g/mol. The number of guanidine groups is 1. The van der Waals surface area contributed by atoms with Crippen LogP contribution in [0.1, 0.15) is 39.0 Å². The molecule has 0 amide bonds. The molecule has 1 aliphatic rings. The molecule has 0 saturated heterocycles. The zero-order valence-corrected chi connectivity index (χ0v) is 11.5. The molecule has 104 valence electrons. The highest BCUT2D eigenvalue weighted by Gasteiger charge is 2.26. The van der Waals surface area contributed by atoms with E-state index in [-0.39, 0.29) is 5.82 Å². The fourth-order valence-electron chi connectivity index (χ4n) is 2.52. The van der Waals surface area contributed by atoms with Gasteiger partial charge in [-0.1, -0.05) is 32.6 Å². The number of hydrogen-bond donors (Lipinski definition) is 1. The van der Waals surface area contributed by atoms with Crippen molar-refractivity contribution < 1.29 is 4.39 Å². The minimum absolute atomic E-state index is 0.224. The van der Waals surface area contributed by atoms with E-state index in [1.165, 1.54) is 37.8 Å². The summed E-state index contributed by atoms with van der Waals surface area (Å²) in [7, 11) is 0. The minimum atomic E-state index is -0.224. The fraction of sp³-hybridized carbons (Fsp3) is 0.533. The van der Waals surface area contributed by atoms with Crippen molar-refractivity contribution >= 4 is 11.6 Å². The summed E-state index contributed by atoms with van der Waals surface area (Å²) in [4.78, 5) is 6.36. The van der Waals surface area contributed by atoms with Crippen LogP contribution in [0, 0.1) is 5.82 Å². The third kappa shape index (κ3) is 3.46. The Morgan fingerprint density at radius 2 is 2.00 bits per heavy atom. The van der Waals surface area contributed by atoms with Crippen molar-refractivity contribution in [3.05, 3.63) is 30.1 Å². The molecule has 0 aliphatic carbocycles. The molecule has 3 nitrogen and oxygen atoms in total. The van der Waals surface area contributed by atoms with Crippen LogP contribution in [0.3, 0.4) is 0 Å². The summed E-state index contributed by atoms with van der Waals surface area (Å²) in [6, 6.07) is 6.79. The number of hydrogen-bond acceptors (Lipinski definition) is 3. The van der Waals surface area contributed by atoms with Gasteiger partial charge in [-0.3, -0.25) is 4.99 Å². The van der Waals surface area contributed by atoms with Crippen molar-refractivity contribution in [3.8, 4) is 0 Å². The molecule has 0 fully saturated rings. The Labute approximate surface area is 114 Å². The van der Waals surface area contributed by atoms with E-state index in [1.54, 1.807) is 12.1 Å². The van der Waals surface area contributed by atoms with E-state index in [9.17, 15) is 4.39 Å². The van der Waals surface area contributed by atoms with Gasteiger partial charge in [0.2, 0.25) is 0 Å². The van der Waals surface area contributed by atoms with Crippen molar-refractivity contribution in [1.29, 1.82) is 0 Å². The first-order chi connectivity index (χ1) is 9.22. The first-order valence-electron chi connectivity index (χ1n) is 7.07. The average molecular weight is 263 g/mol. The topological polar surface area (TPSA) is 41.6 Å². The van der Waals surface area contributed by atoms with Crippen molar-refractivity contribution in [2.45, 2.75) is 45.1 Å². The van der Waals surface area contributed by atoms with E-state index in [1.807, 2.05) is 4.90 Å². The molecule has 1 unspecified atom stereocenters. The van der Waals surface area contributed by atoms with Gasteiger partial charge in [0.1, 0.15) is 5.82 Å². The number of unbranched alkanes of at least 4 members (excludes halogenated alkanes) is 3. The van der Waals surface area contributed by atoms with E-state index in [0.717, 1.165) is 18.7 Å². The number of aliphatic imine (C=N–C) groups is 1. The molecule has 0 aromatic heterocycles. The molecular weight excluding hydrogens is 241 g/mol. The number of anilines is 1. The van der Waals surface area contributed by atoms with Gasteiger partial charge in [-0.25, -0.2) is 4.39 Å². The van der Waals surface area contributed by atoms with Crippen LogP contribution < -0.4 is 10.6 Å². The molecule has 0 bridgehead atoms. The summed E-state index contributed by atoms with van der Waals surface area (Å²) in [6.07, 6.45) is 6.05. The Morgan fingerprint density at radius 3 is 2.68 bits per heavy atom.